The molecule has 2 aromatic rings. The van der Waals surface area contributed by atoms with Gasteiger partial charge in [-0.05, 0) is 19.1 Å². The first-order valence-corrected chi connectivity index (χ1v) is 8.32. The van der Waals surface area contributed by atoms with Gasteiger partial charge in [0.1, 0.15) is 4.90 Å². The first-order valence-electron chi connectivity index (χ1n) is 6.13. The van der Waals surface area contributed by atoms with Gasteiger partial charge in [0, 0.05) is 32.4 Å². The van der Waals surface area contributed by atoms with Crippen molar-refractivity contribution < 1.29 is 8.42 Å². The van der Waals surface area contributed by atoms with Crippen molar-refractivity contribution in [3.63, 3.8) is 0 Å². The summed E-state index contributed by atoms with van der Waals surface area (Å²) in [6.07, 6.45) is 1.79. The molecule has 8 heteroatoms. The van der Waals surface area contributed by atoms with Crippen LogP contribution in [0.1, 0.15) is 11.3 Å². The van der Waals surface area contributed by atoms with Gasteiger partial charge in [-0.3, -0.25) is 4.68 Å². The first-order chi connectivity index (χ1) is 9.73. The summed E-state index contributed by atoms with van der Waals surface area (Å²) in [6, 6.07) is 4.61. The molecule has 21 heavy (non-hydrogen) atoms. The fraction of sp³-hybridized carbons (Fsp3) is 0.308. The molecule has 0 aliphatic carbocycles. The monoisotopic (exact) mass is 347 g/mol. The van der Waals surface area contributed by atoms with Crippen LogP contribution in [-0.4, -0.2) is 29.6 Å². The molecular formula is C13H15Cl2N3O2S. The van der Waals surface area contributed by atoms with Gasteiger partial charge >= 0.3 is 0 Å². The van der Waals surface area contributed by atoms with Crippen LogP contribution in [0.2, 0.25) is 10.0 Å². The molecule has 1 aromatic heterocycles. The maximum Gasteiger partial charge on any atom is 0.246 e. The summed E-state index contributed by atoms with van der Waals surface area (Å²) in [5, 5.41) is 4.41. The van der Waals surface area contributed by atoms with Crippen molar-refractivity contribution in [1.29, 1.82) is 0 Å². The highest BCUT2D eigenvalue weighted by molar-refractivity contribution is 7.89. The van der Waals surface area contributed by atoms with Gasteiger partial charge in [-0.25, -0.2) is 8.42 Å². The van der Waals surface area contributed by atoms with E-state index in [1.165, 1.54) is 23.5 Å². The summed E-state index contributed by atoms with van der Waals surface area (Å²) in [5.74, 6) is 0. The lowest BCUT2D eigenvalue weighted by Crippen LogP contribution is -2.27. The highest BCUT2D eigenvalue weighted by Gasteiger charge is 2.27. The van der Waals surface area contributed by atoms with Gasteiger partial charge < -0.3 is 0 Å². The molecule has 114 valence electrons. The number of halogens is 2. The van der Waals surface area contributed by atoms with Gasteiger partial charge in [-0.15, -0.1) is 0 Å². The normalized spacial score (nSPS) is 12.1. The summed E-state index contributed by atoms with van der Waals surface area (Å²) < 4.78 is 28.1. The van der Waals surface area contributed by atoms with Crippen LogP contribution in [-0.2, 0) is 23.6 Å². The minimum atomic E-state index is -3.77. The average molecular weight is 348 g/mol. The zero-order chi connectivity index (χ0) is 15.8. The molecule has 0 spiro atoms. The van der Waals surface area contributed by atoms with Crippen LogP contribution in [0.3, 0.4) is 0 Å². The predicted molar refractivity (Wildman–Crippen MR) is 83.1 cm³/mol. The Kier molecular flexibility index (Phi) is 4.63. The molecule has 1 heterocycles. The summed E-state index contributed by atoms with van der Waals surface area (Å²) in [4.78, 5) is -0.0719. The quantitative estimate of drug-likeness (QED) is 0.854. The third-order valence-corrected chi connectivity index (χ3v) is 5.85. The lowest BCUT2D eigenvalue weighted by atomic mass is 10.3. The van der Waals surface area contributed by atoms with E-state index in [0.717, 1.165) is 11.3 Å². The smallest absolute Gasteiger partial charge is 0.246 e. The van der Waals surface area contributed by atoms with E-state index >= 15 is 0 Å². The van der Waals surface area contributed by atoms with E-state index in [2.05, 4.69) is 5.10 Å². The third kappa shape index (κ3) is 3.23. The predicted octanol–water partition coefficient (Wildman–Crippen LogP) is 2.86. The Morgan fingerprint density at radius 2 is 1.86 bits per heavy atom. The Labute approximate surface area is 134 Å². The van der Waals surface area contributed by atoms with Crippen molar-refractivity contribution in [1.82, 2.24) is 14.1 Å². The van der Waals surface area contributed by atoms with Gasteiger partial charge in [0.2, 0.25) is 10.0 Å². The molecule has 0 radical (unpaired) electrons. The topological polar surface area (TPSA) is 55.2 Å². The van der Waals surface area contributed by atoms with E-state index in [1.807, 2.05) is 6.92 Å². The molecule has 5 nitrogen and oxygen atoms in total. The molecule has 0 saturated carbocycles. The average Bonchev–Trinajstić information content (AvgIpc) is 2.67. The summed E-state index contributed by atoms with van der Waals surface area (Å²) in [5.41, 5.74) is 1.61. The third-order valence-electron chi connectivity index (χ3n) is 3.10. The van der Waals surface area contributed by atoms with Gasteiger partial charge in [0.05, 0.1) is 15.7 Å². The highest BCUT2D eigenvalue weighted by atomic mass is 35.5. The molecule has 0 fully saturated rings. The molecule has 0 saturated heterocycles. The van der Waals surface area contributed by atoms with E-state index in [0.29, 0.717) is 0 Å². The van der Waals surface area contributed by atoms with Crippen LogP contribution in [0.4, 0.5) is 0 Å². The standard InChI is InChI=1S/C13H15Cl2N3O2S/c1-9-10(7-17(2)16-9)8-18(3)21(19,20)13-11(14)5-4-6-12(13)15/h4-7H,8H2,1-3H3. The molecule has 0 N–H and O–H groups in total. The summed E-state index contributed by atoms with van der Waals surface area (Å²) >= 11 is 12.0. The first kappa shape index (κ1) is 16.3. The Bertz CT molecular complexity index is 751. The van der Waals surface area contributed by atoms with Gasteiger partial charge in [-0.1, -0.05) is 29.3 Å². The molecule has 0 aliphatic heterocycles. The maximum absolute atomic E-state index is 12.6. The second kappa shape index (κ2) is 5.96. The van der Waals surface area contributed by atoms with Gasteiger partial charge in [0.15, 0.2) is 0 Å². The molecule has 0 amide bonds. The number of benzene rings is 1. The van der Waals surface area contributed by atoms with Crippen LogP contribution in [0.15, 0.2) is 29.3 Å². The van der Waals surface area contributed by atoms with Crippen LogP contribution < -0.4 is 0 Å². The second-order valence-electron chi connectivity index (χ2n) is 4.73. The van der Waals surface area contributed by atoms with Crippen LogP contribution in [0.25, 0.3) is 0 Å². The highest BCUT2D eigenvalue weighted by Crippen LogP contribution is 2.31. The lowest BCUT2D eigenvalue weighted by molar-refractivity contribution is 0.466. The van der Waals surface area contributed by atoms with Crippen molar-refractivity contribution >= 4 is 33.2 Å². The fourth-order valence-corrected chi connectivity index (χ4v) is 4.25. The summed E-state index contributed by atoms with van der Waals surface area (Å²) in [7, 11) is -0.498. The molecule has 2 rings (SSSR count). The van der Waals surface area contributed by atoms with Crippen molar-refractivity contribution in [3.8, 4) is 0 Å². The number of sulfonamides is 1. The molecule has 1 aromatic carbocycles. The minimum absolute atomic E-state index is 0.0719. The molecule has 0 atom stereocenters. The van der Waals surface area contributed by atoms with E-state index in [9.17, 15) is 8.42 Å². The summed E-state index contributed by atoms with van der Waals surface area (Å²) in [6.45, 7) is 2.03. The Hall–Kier alpha value is -1.08. The molecule has 0 bridgehead atoms. The number of hydrogen-bond donors (Lipinski definition) is 0. The van der Waals surface area contributed by atoms with Crippen molar-refractivity contribution in [2.24, 2.45) is 7.05 Å². The Balaban J connectivity index is 2.38. The Morgan fingerprint density at radius 3 is 2.33 bits per heavy atom. The zero-order valence-corrected chi connectivity index (χ0v) is 14.2. The van der Waals surface area contributed by atoms with Crippen molar-refractivity contribution in [2.75, 3.05) is 7.05 Å². The number of aromatic nitrogens is 2. The minimum Gasteiger partial charge on any atom is -0.275 e. The lowest BCUT2D eigenvalue weighted by Gasteiger charge is -2.18. The van der Waals surface area contributed by atoms with Gasteiger partial charge in [-0.2, -0.15) is 9.40 Å². The number of rotatable bonds is 4. The number of hydrogen-bond acceptors (Lipinski definition) is 3. The molecular weight excluding hydrogens is 333 g/mol. The number of aryl methyl sites for hydroxylation is 2. The van der Waals surface area contributed by atoms with E-state index in [4.69, 9.17) is 23.2 Å². The Morgan fingerprint density at radius 1 is 1.29 bits per heavy atom. The maximum atomic E-state index is 12.6. The van der Waals surface area contributed by atoms with E-state index in [-0.39, 0.29) is 21.5 Å². The van der Waals surface area contributed by atoms with Crippen LogP contribution in [0.5, 0.6) is 0 Å². The van der Waals surface area contributed by atoms with Crippen LogP contribution >= 0.6 is 23.2 Å². The van der Waals surface area contributed by atoms with E-state index in [1.54, 1.807) is 24.0 Å². The zero-order valence-electron chi connectivity index (χ0n) is 11.8. The van der Waals surface area contributed by atoms with Crippen molar-refractivity contribution in [3.05, 3.63) is 45.7 Å². The number of nitrogens with zero attached hydrogens (tertiary/aromatic N) is 3. The SMILES string of the molecule is Cc1nn(C)cc1CN(C)S(=O)(=O)c1c(Cl)cccc1Cl. The molecule has 0 unspecified atom stereocenters. The van der Waals surface area contributed by atoms with Gasteiger partial charge in [0.25, 0.3) is 0 Å². The van der Waals surface area contributed by atoms with Crippen LogP contribution in [0, 0.1) is 6.92 Å². The second-order valence-corrected chi connectivity index (χ2v) is 7.52. The van der Waals surface area contributed by atoms with Crippen molar-refractivity contribution in [2.45, 2.75) is 18.4 Å². The molecule has 0 aliphatic rings. The fourth-order valence-electron chi connectivity index (χ4n) is 2.01. The largest absolute Gasteiger partial charge is 0.275 e. The van der Waals surface area contributed by atoms with E-state index < -0.39 is 10.0 Å².